The molecule has 0 bridgehead atoms. The van der Waals surface area contributed by atoms with Gasteiger partial charge in [-0.1, -0.05) is 6.07 Å². The molecule has 3 aromatic rings. The summed E-state index contributed by atoms with van der Waals surface area (Å²) < 4.78 is 75.8. The SMILES string of the molecule is CC(C)[S+]([O-])N1CCN(c2cnn(-c3cc(F)cc(F)c3)c(=O)c2OCC(O)c2ccc(F)cc2F)CC1. The minimum absolute atomic E-state index is 0.0638. The van der Waals surface area contributed by atoms with E-state index in [-0.39, 0.29) is 27.9 Å². The Morgan fingerprint density at radius 2 is 1.68 bits per heavy atom. The van der Waals surface area contributed by atoms with Crippen LogP contribution in [0, 0.1) is 23.3 Å². The largest absolute Gasteiger partial charge is 0.598 e. The van der Waals surface area contributed by atoms with Crippen LogP contribution in [0.3, 0.4) is 0 Å². The van der Waals surface area contributed by atoms with E-state index >= 15 is 0 Å². The Bertz CT molecular complexity index is 1330. The molecule has 1 saturated heterocycles. The third-order valence-corrected chi connectivity index (χ3v) is 7.63. The Kier molecular flexibility index (Phi) is 8.61. The van der Waals surface area contributed by atoms with E-state index in [2.05, 4.69) is 5.10 Å². The number of anilines is 1. The Labute approximate surface area is 219 Å². The summed E-state index contributed by atoms with van der Waals surface area (Å²) in [6.45, 7) is 4.69. The number of aliphatic hydroxyl groups excluding tert-OH is 1. The first-order valence-corrected chi connectivity index (χ1v) is 13.0. The van der Waals surface area contributed by atoms with Crippen molar-refractivity contribution in [1.82, 2.24) is 14.1 Å². The fraction of sp³-hybridized carbons (Fsp3) is 0.360. The fourth-order valence-corrected chi connectivity index (χ4v) is 5.19. The van der Waals surface area contributed by atoms with Crippen LogP contribution in [-0.2, 0) is 11.4 Å². The van der Waals surface area contributed by atoms with Crippen molar-refractivity contribution in [2.24, 2.45) is 0 Å². The molecule has 0 saturated carbocycles. The third-order valence-electron chi connectivity index (χ3n) is 5.95. The molecule has 1 aliphatic heterocycles. The molecule has 1 fully saturated rings. The summed E-state index contributed by atoms with van der Waals surface area (Å²) in [6, 6.07) is 5.14. The number of aromatic nitrogens is 2. The Morgan fingerprint density at radius 1 is 1.03 bits per heavy atom. The van der Waals surface area contributed by atoms with Gasteiger partial charge in [0, 0.05) is 42.1 Å². The van der Waals surface area contributed by atoms with Crippen LogP contribution in [0.4, 0.5) is 23.2 Å². The van der Waals surface area contributed by atoms with Gasteiger partial charge in [-0.2, -0.15) is 9.78 Å². The molecule has 0 aliphatic carbocycles. The lowest BCUT2D eigenvalue weighted by Gasteiger charge is -2.36. The number of rotatable bonds is 8. The normalized spacial score (nSPS) is 16.1. The molecule has 204 valence electrons. The second-order valence-electron chi connectivity index (χ2n) is 8.94. The Hall–Kier alpha value is -3.13. The van der Waals surface area contributed by atoms with Crippen LogP contribution in [-0.4, -0.2) is 61.8 Å². The zero-order valence-corrected chi connectivity index (χ0v) is 21.4. The second-order valence-corrected chi connectivity index (χ2v) is 10.9. The number of ether oxygens (including phenoxy) is 1. The maximum Gasteiger partial charge on any atom is 0.316 e. The van der Waals surface area contributed by atoms with Crippen molar-refractivity contribution >= 4 is 17.0 Å². The molecule has 1 N–H and O–H groups in total. The van der Waals surface area contributed by atoms with Crippen LogP contribution >= 0.6 is 0 Å². The van der Waals surface area contributed by atoms with Gasteiger partial charge in [-0.05, 0) is 32.0 Å². The van der Waals surface area contributed by atoms with E-state index in [4.69, 9.17) is 4.74 Å². The minimum atomic E-state index is -1.55. The highest BCUT2D eigenvalue weighted by molar-refractivity contribution is 7.89. The first-order chi connectivity index (χ1) is 18.0. The molecule has 2 aromatic carbocycles. The molecule has 2 heterocycles. The summed E-state index contributed by atoms with van der Waals surface area (Å²) in [7, 11) is 0. The summed E-state index contributed by atoms with van der Waals surface area (Å²) in [4.78, 5) is 15.2. The number of piperazine rings is 1. The fourth-order valence-electron chi connectivity index (χ4n) is 4.07. The molecule has 2 atom stereocenters. The highest BCUT2D eigenvalue weighted by Crippen LogP contribution is 2.28. The summed E-state index contributed by atoms with van der Waals surface area (Å²) >= 11 is -1.18. The van der Waals surface area contributed by atoms with Gasteiger partial charge in [0.15, 0.2) is 0 Å². The van der Waals surface area contributed by atoms with Gasteiger partial charge in [-0.25, -0.2) is 17.6 Å². The maximum atomic E-state index is 14.2. The van der Waals surface area contributed by atoms with Crippen LogP contribution in [0.1, 0.15) is 25.5 Å². The summed E-state index contributed by atoms with van der Waals surface area (Å²) in [6.07, 6.45) is -0.263. The number of halogens is 4. The molecule has 2 unspecified atom stereocenters. The van der Waals surface area contributed by atoms with E-state index in [0.717, 1.165) is 28.9 Å². The summed E-state index contributed by atoms with van der Waals surface area (Å²) in [5.41, 5.74) is -1.05. The Morgan fingerprint density at radius 3 is 2.29 bits per heavy atom. The average Bonchev–Trinajstić information content (AvgIpc) is 2.86. The van der Waals surface area contributed by atoms with E-state index < -0.39 is 52.9 Å². The lowest BCUT2D eigenvalue weighted by atomic mass is 10.1. The minimum Gasteiger partial charge on any atom is -0.598 e. The van der Waals surface area contributed by atoms with Gasteiger partial charge in [0.1, 0.15) is 46.9 Å². The van der Waals surface area contributed by atoms with Gasteiger partial charge in [0.2, 0.25) is 5.75 Å². The predicted octanol–water partition coefficient (Wildman–Crippen LogP) is 3.10. The van der Waals surface area contributed by atoms with Crippen molar-refractivity contribution in [2.75, 3.05) is 37.7 Å². The van der Waals surface area contributed by atoms with E-state index in [9.17, 15) is 32.0 Å². The van der Waals surface area contributed by atoms with Gasteiger partial charge in [0.05, 0.1) is 25.0 Å². The molecular formula is C25H26F4N4O4S. The first-order valence-electron chi connectivity index (χ1n) is 11.8. The molecule has 0 radical (unpaired) electrons. The van der Waals surface area contributed by atoms with Crippen molar-refractivity contribution in [1.29, 1.82) is 0 Å². The lowest BCUT2D eigenvalue weighted by Crippen LogP contribution is -2.50. The zero-order valence-electron chi connectivity index (χ0n) is 20.6. The van der Waals surface area contributed by atoms with Gasteiger partial charge in [-0.3, -0.25) is 4.79 Å². The van der Waals surface area contributed by atoms with Gasteiger partial charge in [0.25, 0.3) is 0 Å². The van der Waals surface area contributed by atoms with E-state index in [1.54, 1.807) is 4.90 Å². The summed E-state index contributed by atoms with van der Waals surface area (Å²) in [5.74, 6) is -3.94. The quantitative estimate of drug-likeness (QED) is 0.338. The summed E-state index contributed by atoms with van der Waals surface area (Å²) in [5, 5.41) is 14.5. The zero-order chi connectivity index (χ0) is 27.6. The molecule has 1 aliphatic rings. The van der Waals surface area contributed by atoms with E-state index in [0.29, 0.717) is 38.3 Å². The third kappa shape index (κ3) is 6.12. The van der Waals surface area contributed by atoms with Crippen molar-refractivity contribution in [2.45, 2.75) is 25.2 Å². The molecular weight excluding hydrogens is 528 g/mol. The number of benzene rings is 2. The highest BCUT2D eigenvalue weighted by atomic mass is 32.2. The first kappa shape index (κ1) is 27.9. The number of aliphatic hydroxyl groups is 1. The molecule has 4 rings (SSSR count). The van der Waals surface area contributed by atoms with Crippen LogP contribution < -0.4 is 15.2 Å². The predicted molar refractivity (Wildman–Crippen MR) is 134 cm³/mol. The molecule has 13 heteroatoms. The molecule has 38 heavy (non-hydrogen) atoms. The maximum absolute atomic E-state index is 14.2. The molecule has 0 spiro atoms. The topological polar surface area (TPSA) is 93.9 Å². The van der Waals surface area contributed by atoms with Crippen molar-refractivity contribution in [3.05, 3.63) is 81.8 Å². The molecule has 8 nitrogen and oxygen atoms in total. The van der Waals surface area contributed by atoms with Gasteiger partial charge in [-0.15, -0.1) is 4.31 Å². The Balaban J connectivity index is 1.66. The smallest absolute Gasteiger partial charge is 0.316 e. The van der Waals surface area contributed by atoms with Crippen molar-refractivity contribution in [3.63, 3.8) is 0 Å². The van der Waals surface area contributed by atoms with E-state index in [1.807, 2.05) is 18.2 Å². The van der Waals surface area contributed by atoms with Crippen LogP contribution in [0.5, 0.6) is 5.75 Å². The number of hydrogen-bond donors (Lipinski definition) is 1. The molecule has 0 amide bonds. The number of hydrogen-bond acceptors (Lipinski definition) is 7. The standard InChI is InChI=1S/C25H26F4N4O4S/c1-15(2)38(36)32-7-5-31(6-8-32)22-13-30-33(19-10-17(27)9-18(28)11-19)25(35)24(22)37-14-23(34)20-4-3-16(26)12-21(20)29/h3-4,9-13,15,23,34H,5-8,14H2,1-2H3. The van der Waals surface area contributed by atoms with Crippen molar-refractivity contribution < 1.29 is 32.0 Å². The van der Waals surface area contributed by atoms with Crippen molar-refractivity contribution in [3.8, 4) is 11.4 Å². The van der Waals surface area contributed by atoms with Gasteiger partial charge < -0.3 is 19.3 Å². The van der Waals surface area contributed by atoms with Crippen LogP contribution in [0.25, 0.3) is 5.69 Å². The lowest BCUT2D eigenvalue weighted by molar-refractivity contribution is 0.104. The number of nitrogens with zero attached hydrogens (tertiary/aromatic N) is 4. The van der Waals surface area contributed by atoms with Gasteiger partial charge >= 0.3 is 5.56 Å². The second kappa shape index (κ2) is 11.7. The van der Waals surface area contributed by atoms with Crippen LogP contribution in [0.15, 0.2) is 47.4 Å². The highest BCUT2D eigenvalue weighted by Gasteiger charge is 2.30. The van der Waals surface area contributed by atoms with E-state index in [1.165, 1.54) is 6.20 Å². The van der Waals surface area contributed by atoms with Crippen LogP contribution in [0.2, 0.25) is 0 Å². The average molecular weight is 555 g/mol. The molecule has 1 aromatic heterocycles. The monoisotopic (exact) mass is 554 g/mol.